The Bertz CT molecular complexity index is 763. The number of hydrogen-bond donors (Lipinski definition) is 0. The lowest BCUT2D eigenvalue weighted by Crippen LogP contribution is -2.35. The second-order valence-electron chi connectivity index (χ2n) is 6.54. The minimum absolute atomic E-state index is 0.0240. The van der Waals surface area contributed by atoms with E-state index in [0.717, 1.165) is 39.1 Å². The van der Waals surface area contributed by atoms with Crippen molar-refractivity contribution in [3.63, 3.8) is 0 Å². The summed E-state index contributed by atoms with van der Waals surface area (Å²) >= 11 is 12.0. The second kappa shape index (κ2) is 8.22. The Kier molecular flexibility index (Phi) is 6.00. The molecule has 1 aliphatic rings. The Morgan fingerprint density at radius 3 is 2.60 bits per heavy atom. The van der Waals surface area contributed by atoms with Crippen LogP contribution in [0.25, 0.3) is 0 Å². The average Bonchev–Trinajstić information content (AvgIpc) is 2.82. The zero-order valence-electron chi connectivity index (χ0n) is 14.3. The fourth-order valence-corrected chi connectivity index (χ4v) is 3.51. The maximum absolute atomic E-state index is 12.7. The molecule has 1 amide bonds. The van der Waals surface area contributed by atoms with Gasteiger partial charge in [0.2, 0.25) is 0 Å². The first-order valence-corrected chi connectivity index (χ1v) is 9.31. The van der Waals surface area contributed by atoms with Crippen molar-refractivity contribution < 1.29 is 4.79 Å². The second-order valence-corrected chi connectivity index (χ2v) is 7.35. The molecule has 0 radical (unpaired) electrons. The smallest absolute Gasteiger partial charge is 0.253 e. The summed E-state index contributed by atoms with van der Waals surface area (Å²) in [5, 5.41) is 0.891. The summed E-state index contributed by atoms with van der Waals surface area (Å²) in [4.78, 5) is 17.1. The third kappa shape index (κ3) is 4.75. The zero-order valence-corrected chi connectivity index (χ0v) is 15.9. The van der Waals surface area contributed by atoms with Crippen molar-refractivity contribution in [3.05, 3.63) is 69.2 Å². The topological polar surface area (TPSA) is 23.6 Å². The molecule has 1 fully saturated rings. The van der Waals surface area contributed by atoms with E-state index in [2.05, 4.69) is 36.1 Å². The Hall–Kier alpha value is -1.55. The maximum atomic E-state index is 12.7. The molecule has 0 atom stereocenters. The number of amides is 1. The highest BCUT2D eigenvalue weighted by Gasteiger charge is 2.21. The average molecular weight is 377 g/mol. The van der Waals surface area contributed by atoms with Gasteiger partial charge in [0.05, 0.1) is 10.0 Å². The molecule has 2 aromatic carbocycles. The van der Waals surface area contributed by atoms with E-state index in [1.807, 2.05) is 4.90 Å². The first kappa shape index (κ1) is 18.2. The molecular weight excluding hydrogens is 355 g/mol. The summed E-state index contributed by atoms with van der Waals surface area (Å²) in [6.07, 6.45) is 0.971. The highest BCUT2D eigenvalue weighted by Crippen LogP contribution is 2.23. The molecule has 3 nitrogen and oxygen atoms in total. The Labute approximate surface area is 159 Å². The standard InChI is InChI=1S/C20H22Cl2N2O/c1-15-4-2-5-16(12-15)14-23-8-3-9-24(11-10-23)20(25)17-6-7-18(21)19(22)13-17/h2,4-7,12-13H,3,8-11,14H2,1H3. The van der Waals surface area contributed by atoms with Crippen molar-refractivity contribution in [1.29, 1.82) is 0 Å². The predicted octanol–water partition coefficient (Wildman–Crippen LogP) is 4.65. The number of rotatable bonds is 3. The van der Waals surface area contributed by atoms with Crippen molar-refractivity contribution in [2.24, 2.45) is 0 Å². The van der Waals surface area contributed by atoms with Crippen LogP contribution in [0.15, 0.2) is 42.5 Å². The number of carbonyl (C=O) groups excluding carboxylic acids is 1. The van der Waals surface area contributed by atoms with Gasteiger partial charge in [-0.25, -0.2) is 0 Å². The molecule has 132 valence electrons. The Morgan fingerprint density at radius 1 is 1.00 bits per heavy atom. The van der Waals surface area contributed by atoms with Gasteiger partial charge >= 0.3 is 0 Å². The molecule has 3 rings (SSSR count). The molecule has 1 aliphatic heterocycles. The number of aryl methyl sites for hydroxylation is 1. The SMILES string of the molecule is Cc1cccc(CN2CCCN(C(=O)c3ccc(Cl)c(Cl)c3)CC2)c1. The van der Waals surface area contributed by atoms with E-state index in [1.165, 1.54) is 11.1 Å². The molecule has 0 unspecified atom stereocenters. The number of hydrogen-bond acceptors (Lipinski definition) is 2. The number of nitrogens with zero attached hydrogens (tertiary/aromatic N) is 2. The molecule has 25 heavy (non-hydrogen) atoms. The molecule has 2 aromatic rings. The summed E-state index contributed by atoms with van der Waals surface area (Å²) < 4.78 is 0. The van der Waals surface area contributed by atoms with Crippen LogP contribution in [0.5, 0.6) is 0 Å². The molecule has 0 aromatic heterocycles. The maximum Gasteiger partial charge on any atom is 0.253 e. The molecule has 0 aliphatic carbocycles. The molecule has 0 bridgehead atoms. The van der Waals surface area contributed by atoms with E-state index in [-0.39, 0.29) is 5.91 Å². The molecule has 1 heterocycles. The van der Waals surface area contributed by atoms with E-state index in [1.54, 1.807) is 18.2 Å². The summed E-state index contributed by atoms with van der Waals surface area (Å²) in [7, 11) is 0. The molecule has 0 N–H and O–H groups in total. The Balaban J connectivity index is 1.62. The van der Waals surface area contributed by atoms with Gasteiger partial charge in [0.1, 0.15) is 0 Å². The number of carbonyl (C=O) groups is 1. The van der Waals surface area contributed by atoms with E-state index in [9.17, 15) is 4.79 Å². The van der Waals surface area contributed by atoms with Gasteiger partial charge in [-0.05, 0) is 37.1 Å². The lowest BCUT2D eigenvalue weighted by atomic mass is 10.1. The van der Waals surface area contributed by atoms with Gasteiger partial charge in [-0.3, -0.25) is 9.69 Å². The number of benzene rings is 2. The zero-order chi connectivity index (χ0) is 17.8. The van der Waals surface area contributed by atoms with Gasteiger partial charge in [-0.15, -0.1) is 0 Å². The normalized spacial score (nSPS) is 15.9. The summed E-state index contributed by atoms with van der Waals surface area (Å²) in [5.74, 6) is 0.0240. The van der Waals surface area contributed by atoms with Crippen LogP contribution in [0.4, 0.5) is 0 Å². The van der Waals surface area contributed by atoms with Crippen molar-refractivity contribution in [2.75, 3.05) is 26.2 Å². The third-order valence-corrected chi connectivity index (χ3v) is 5.27. The van der Waals surface area contributed by atoms with Crippen molar-refractivity contribution in [1.82, 2.24) is 9.80 Å². The number of halogens is 2. The van der Waals surface area contributed by atoms with Crippen LogP contribution >= 0.6 is 23.2 Å². The minimum Gasteiger partial charge on any atom is -0.337 e. The van der Waals surface area contributed by atoms with Gasteiger partial charge in [-0.1, -0.05) is 53.0 Å². The van der Waals surface area contributed by atoms with Crippen molar-refractivity contribution >= 4 is 29.1 Å². The van der Waals surface area contributed by atoms with E-state index >= 15 is 0 Å². The third-order valence-electron chi connectivity index (χ3n) is 4.53. The van der Waals surface area contributed by atoms with Crippen LogP contribution in [0, 0.1) is 6.92 Å². The van der Waals surface area contributed by atoms with Crippen LogP contribution in [0.3, 0.4) is 0 Å². The summed E-state index contributed by atoms with van der Waals surface area (Å²) in [6.45, 7) is 6.41. The van der Waals surface area contributed by atoms with Crippen LogP contribution in [0.2, 0.25) is 10.0 Å². The molecule has 5 heteroatoms. The highest BCUT2D eigenvalue weighted by atomic mass is 35.5. The molecular formula is C20H22Cl2N2O. The van der Waals surface area contributed by atoms with Crippen molar-refractivity contribution in [3.8, 4) is 0 Å². The van der Waals surface area contributed by atoms with E-state index < -0.39 is 0 Å². The van der Waals surface area contributed by atoms with Gasteiger partial charge in [0.15, 0.2) is 0 Å². The van der Waals surface area contributed by atoms with Crippen LogP contribution in [-0.2, 0) is 6.54 Å². The molecule has 1 saturated heterocycles. The highest BCUT2D eigenvalue weighted by molar-refractivity contribution is 6.42. The first-order valence-electron chi connectivity index (χ1n) is 8.55. The largest absolute Gasteiger partial charge is 0.337 e. The van der Waals surface area contributed by atoms with Gasteiger partial charge in [0.25, 0.3) is 5.91 Å². The Morgan fingerprint density at radius 2 is 1.84 bits per heavy atom. The monoisotopic (exact) mass is 376 g/mol. The predicted molar refractivity (Wildman–Crippen MR) is 103 cm³/mol. The first-order chi connectivity index (χ1) is 12.0. The fourth-order valence-electron chi connectivity index (χ4n) is 3.21. The fraction of sp³-hybridized carbons (Fsp3) is 0.350. The summed E-state index contributed by atoms with van der Waals surface area (Å²) in [5.41, 5.74) is 3.20. The lowest BCUT2D eigenvalue weighted by molar-refractivity contribution is 0.0761. The van der Waals surface area contributed by atoms with E-state index in [0.29, 0.717) is 15.6 Å². The van der Waals surface area contributed by atoms with Crippen LogP contribution in [0.1, 0.15) is 27.9 Å². The minimum atomic E-state index is 0.0240. The van der Waals surface area contributed by atoms with E-state index in [4.69, 9.17) is 23.2 Å². The van der Waals surface area contributed by atoms with Crippen LogP contribution in [-0.4, -0.2) is 41.9 Å². The van der Waals surface area contributed by atoms with Gasteiger partial charge < -0.3 is 4.90 Å². The van der Waals surface area contributed by atoms with Crippen molar-refractivity contribution in [2.45, 2.75) is 19.9 Å². The summed E-state index contributed by atoms with van der Waals surface area (Å²) in [6, 6.07) is 13.7. The van der Waals surface area contributed by atoms with Gasteiger partial charge in [0, 0.05) is 38.3 Å². The molecule has 0 spiro atoms. The quantitative estimate of drug-likeness (QED) is 0.778. The van der Waals surface area contributed by atoms with Gasteiger partial charge in [-0.2, -0.15) is 0 Å². The van der Waals surface area contributed by atoms with Crippen LogP contribution < -0.4 is 0 Å². The lowest BCUT2D eigenvalue weighted by Gasteiger charge is -2.22. The molecule has 0 saturated carbocycles.